The molecular formula is C19H32N4O. The van der Waals surface area contributed by atoms with Crippen LogP contribution in [0.2, 0.25) is 0 Å². The summed E-state index contributed by atoms with van der Waals surface area (Å²) in [4.78, 5) is 16.8. The number of amides is 1. The predicted molar refractivity (Wildman–Crippen MR) is 100 cm³/mol. The number of hydrogen-bond acceptors (Lipinski definition) is 4. The molecule has 0 bridgehead atoms. The van der Waals surface area contributed by atoms with Gasteiger partial charge in [-0.2, -0.15) is 0 Å². The molecule has 0 saturated carbocycles. The summed E-state index contributed by atoms with van der Waals surface area (Å²) >= 11 is 0. The van der Waals surface area contributed by atoms with Crippen molar-refractivity contribution in [2.45, 2.75) is 38.6 Å². The number of carbonyl (C=O) groups excluding carboxylic acids is 1. The molecule has 5 nitrogen and oxygen atoms in total. The third-order valence-corrected chi connectivity index (χ3v) is 5.19. The van der Waals surface area contributed by atoms with Crippen LogP contribution in [0, 0.1) is 0 Å². The van der Waals surface area contributed by atoms with E-state index >= 15 is 0 Å². The number of rotatable bonds is 8. The van der Waals surface area contributed by atoms with E-state index in [0.29, 0.717) is 13.0 Å². The van der Waals surface area contributed by atoms with Gasteiger partial charge < -0.3 is 16.0 Å². The van der Waals surface area contributed by atoms with Gasteiger partial charge in [0.25, 0.3) is 0 Å². The standard InChI is InChI=1S/C19H32N4O/c1-3-19(20,4-2)16-21-18(24)10-11-22-12-14-23(15-13-22)17-8-6-5-7-9-17/h5-9H,3-4,10-16,20H2,1-2H3,(H,21,24). The molecule has 5 heteroatoms. The normalized spacial score (nSPS) is 16.2. The van der Waals surface area contributed by atoms with Gasteiger partial charge >= 0.3 is 0 Å². The topological polar surface area (TPSA) is 61.6 Å². The van der Waals surface area contributed by atoms with Crippen molar-refractivity contribution in [3.63, 3.8) is 0 Å². The number of hydrogen-bond donors (Lipinski definition) is 2. The van der Waals surface area contributed by atoms with Crippen LogP contribution in [0.3, 0.4) is 0 Å². The number of nitrogens with zero attached hydrogens (tertiary/aromatic N) is 2. The Balaban J connectivity index is 1.66. The van der Waals surface area contributed by atoms with Crippen molar-refractivity contribution in [3.05, 3.63) is 30.3 Å². The number of piperazine rings is 1. The molecular weight excluding hydrogens is 300 g/mol. The lowest BCUT2D eigenvalue weighted by Crippen LogP contribution is -2.50. The molecule has 1 aliphatic rings. The van der Waals surface area contributed by atoms with Crippen LogP contribution in [0.15, 0.2) is 30.3 Å². The number of nitrogens with two attached hydrogens (primary N) is 1. The molecule has 0 spiro atoms. The Morgan fingerprint density at radius 3 is 2.33 bits per heavy atom. The highest BCUT2D eigenvalue weighted by Gasteiger charge is 2.21. The number of nitrogens with one attached hydrogen (secondary N) is 1. The third-order valence-electron chi connectivity index (χ3n) is 5.19. The van der Waals surface area contributed by atoms with E-state index in [1.54, 1.807) is 0 Å². The van der Waals surface area contributed by atoms with Crippen molar-refractivity contribution in [2.24, 2.45) is 5.73 Å². The Morgan fingerprint density at radius 2 is 1.75 bits per heavy atom. The van der Waals surface area contributed by atoms with Gasteiger partial charge in [0, 0.05) is 56.9 Å². The average Bonchev–Trinajstić information content (AvgIpc) is 2.65. The summed E-state index contributed by atoms with van der Waals surface area (Å²) in [6.07, 6.45) is 2.31. The van der Waals surface area contributed by atoms with Crippen molar-refractivity contribution in [2.75, 3.05) is 44.2 Å². The number of para-hydroxylation sites is 1. The quantitative estimate of drug-likeness (QED) is 0.762. The van der Waals surface area contributed by atoms with E-state index in [4.69, 9.17) is 5.73 Å². The van der Waals surface area contributed by atoms with Gasteiger partial charge in [0.1, 0.15) is 0 Å². The molecule has 3 N–H and O–H groups in total. The van der Waals surface area contributed by atoms with Crippen LogP contribution in [0.25, 0.3) is 0 Å². The fourth-order valence-electron chi connectivity index (χ4n) is 2.99. The first-order chi connectivity index (χ1) is 11.6. The summed E-state index contributed by atoms with van der Waals surface area (Å²) in [5.41, 5.74) is 7.24. The molecule has 1 aromatic carbocycles. The fourth-order valence-corrected chi connectivity index (χ4v) is 2.99. The first-order valence-corrected chi connectivity index (χ1v) is 9.14. The van der Waals surface area contributed by atoms with Gasteiger partial charge in [0.2, 0.25) is 5.91 Å². The second-order valence-electron chi connectivity index (χ2n) is 6.76. The van der Waals surface area contributed by atoms with E-state index < -0.39 is 0 Å². The second-order valence-corrected chi connectivity index (χ2v) is 6.76. The molecule has 24 heavy (non-hydrogen) atoms. The first-order valence-electron chi connectivity index (χ1n) is 9.14. The Hall–Kier alpha value is -1.59. The highest BCUT2D eigenvalue weighted by atomic mass is 16.1. The largest absolute Gasteiger partial charge is 0.369 e. The number of anilines is 1. The molecule has 1 heterocycles. The highest BCUT2D eigenvalue weighted by molar-refractivity contribution is 5.76. The molecule has 1 saturated heterocycles. The minimum atomic E-state index is -0.267. The molecule has 134 valence electrons. The van der Waals surface area contributed by atoms with E-state index in [1.807, 2.05) is 6.07 Å². The van der Waals surface area contributed by atoms with Gasteiger partial charge in [-0.1, -0.05) is 32.0 Å². The van der Waals surface area contributed by atoms with Crippen LogP contribution in [0.5, 0.6) is 0 Å². The molecule has 0 atom stereocenters. The maximum Gasteiger partial charge on any atom is 0.221 e. The van der Waals surface area contributed by atoms with Gasteiger partial charge in [-0.05, 0) is 25.0 Å². The van der Waals surface area contributed by atoms with E-state index in [-0.39, 0.29) is 11.4 Å². The van der Waals surface area contributed by atoms with Crippen molar-refractivity contribution < 1.29 is 4.79 Å². The zero-order valence-electron chi connectivity index (χ0n) is 15.1. The lowest BCUT2D eigenvalue weighted by molar-refractivity contribution is -0.121. The van der Waals surface area contributed by atoms with Crippen LogP contribution in [0.1, 0.15) is 33.1 Å². The van der Waals surface area contributed by atoms with Crippen LogP contribution < -0.4 is 16.0 Å². The minimum absolute atomic E-state index is 0.109. The lowest BCUT2D eigenvalue weighted by atomic mass is 9.94. The SMILES string of the molecule is CCC(N)(CC)CNC(=O)CCN1CCN(c2ccccc2)CC1. The summed E-state index contributed by atoms with van der Waals surface area (Å²) in [6.45, 7) is 9.58. The zero-order valence-corrected chi connectivity index (χ0v) is 15.1. The summed E-state index contributed by atoms with van der Waals surface area (Å²) in [6, 6.07) is 10.5. The van der Waals surface area contributed by atoms with Crippen LogP contribution in [-0.4, -0.2) is 55.6 Å². The Labute approximate surface area is 146 Å². The van der Waals surface area contributed by atoms with Crippen molar-refractivity contribution >= 4 is 11.6 Å². The van der Waals surface area contributed by atoms with Crippen LogP contribution in [-0.2, 0) is 4.79 Å². The molecule has 1 aliphatic heterocycles. The molecule has 2 rings (SSSR count). The fraction of sp³-hybridized carbons (Fsp3) is 0.632. The molecule has 0 radical (unpaired) electrons. The summed E-state index contributed by atoms with van der Waals surface area (Å²) in [5, 5.41) is 3.00. The van der Waals surface area contributed by atoms with E-state index in [2.05, 4.69) is 53.2 Å². The van der Waals surface area contributed by atoms with Crippen molar-refractivity contribution in [1.82, 2.24) is 10.2 Å². The van der Waals surface area contributed by atoms with Crippen molar-refractivity contribution in [3.8, 4) is 0 Å². The van der Waals surface area contributed by atoms with E-state index in [0.717, 1.165) is 45.6 Å². The molecule has 0 aliphatic carbocycles. The lowest BCUT2D eigenvalue weighted by Gasteiger charge is -2.36. The van der Waals surface area contributed by atoms with Gasteiger partial charge in [0.15, 0.2) is 0 Å². The molecule has 1 amide bonds. The summed E-state index contributed by atoms with van der Waals surface area (Å²) in [5.74, 6) is 0.109. The summed E-state index contributed by atoms with van der Waals surface area (Å²) in [7, 11) is 0. The average molecular weight is 332 g/mol. The molecule has 1 aromatic rings. The minimum Gasteiger partial charge on any atom is -0.369 e. The number of benzene rings is 1. The maximum atomic E-state index is 12.0. The zero-order chi connectivity index (χ0) is 17.4. The highest BCUT2D eigenvalue weighted by Crippen LogP contribution is 2.15. The molecule has 1 fully saturated rings. The third kappa shape index (κ3) is 5.49. The van der Waals surface area contributed by atoms with Gasteiger partial charge in [-0.3, -0.25) is 9.69 Å². The van der Waals surface area contributed by atoms with Gasteiger partial charge in [-0.15, -0.1) is 0 Å². The van der Waals surface area contributed by atoms with Crippen LogP contribution in [0.4, 0.5) is 5.69 Å². The van der Waals surface area contributed by atoms with Crippen LogP contribution >= 0.6 is 0 Å². The smallest absolute Gasteiger partial charge is 0.221 e. The monoisotopic (exact) mass is 332 g/mol. The van der Waals surface area contributed by atoms with E-state index in [9.17, 15) is 4.79 Å². The summed E-state index contributed by atoms with van der Waals surface area (Å²) < 4.78 is 0. The molecule has 0 aromatic heterocycles. The first kappa shape index (κ1) is 18.7. The van der Waals surface area contributed by atoms with Crippen molar-refractivity contribution in [1.29, 1.82) is 0 Å². The number of carbonyl (C=O) groups is 1. The maximum absolute atomic E-state index is 12.0. The Bertz CT molecular complexity index is 493. The predicted octanol–water partition coefficient (Wildman–Crippen LogP) is 1.83. The second kappa shape index (κ2) is 9.04. The van der Waals surface area contributed by atoms with Gasteiger partial charge in [0.05, 0.1) is 0 Å². The van der Waals surface area contributed by atoms with E-state index in [1.165, 1.54) is 5.69 Å². The van der Waals surface area contributed by atoms with Gasteiger partial charge in [-0.25, -0.2) is 0 Å². The Morgan fingerprint density at radius 1 is 1.12 bits per heavy atom. The molecule has 0 unspecified atom stereocenters. The Kier molecular flexibility index (Phi) is 7.06.